The zero-order valence-electron chi connectivity index (χ0n) is 9.57. The van der Waals surface area contributed by atoms with Crippen LogP contribution in [0.15, 0.2) is 12.3 Å². The van der Waals surface area contributed by atoms with Crippen LogP contribution in [0.2, 0.25) is 0 Å². The van der Waals surface area contributed by atoms with Crippen molar-refractivity contribution >= 4 is 5.91 Å². The molecule has 1 unspecified atom stereocenters. The monoisotopic (exact) mass is 222 g/mol. The Morgan fingerprint density at radius 1 is 1.69 bits per heavy atom. The molecule has 1 saturated heterocycles. The highest BCUT2D eigenvalue weighted by Crippen LogP contribution is 2.05. The molecule has 2 heterocycles. The highest BCUT2D eigenvalue weighted by atomic mass is 16.1. The van der Waals surface area contributed by atoms with Gasteiger partial charge >= 0.3 is 0 Å². The molecule has 0 bridgehead atoms. The highest BCUT2D eigenvalue weighted by Gasteiger charge is 2.17. The number of nitrogens with one attached hydrogen (secondary N) is 2. The summed E-state index contributed by atoms with van der Waals surface area (Å²) in [5.74, 6) is 0.164. The zero-order valence-corrected chi connectivity index (χ0v) is 9.57. The van der Waals surface area contributed by atoms with Gasteiger partial charge in [0.1, 0.15) is 0 Å². The Morgan fingerprint density at radius 2 is 2.56 bits per heavy atom. The Hall–Kier alpha value is -1.36. The molecule has 1 fully saturated rings. The first-order valence-corrected chi connectivity index (χ1v) is 5.80. The molecule has 1 aromatic heterocycles. The van der Waals surface area contributed by atoms with E-state index in [9.17, 15) is 4.79 Å². The number of carbonyl (C=O) groups excluding carboxylic acids is 1. The van der Waals surface area contributed by atoms with E-state index in [4.69, 9.17) is 0 Å². The fraction of sp³-hybridized carbons (Fsp3) is 0.636. The van der Waals surface area contributed by atoms with Crippen molar-refractivity contribution in [2.75, 3.05) is 6.54 Å². The predicted octanol–water partition coefficient (Wildman–Crippen LogP) is 0.271. The van der Waals surface area contributed by atoms with E-state index in [2.05, 4.69) is 22.7 Å². The van der Waals surface area contributed by atoms with Gasteiger partial charge < -0.3 is 10.6 Å². The first kappa shape index (κ1) is 11.1. The summed E-state index contributed by atoms with van der Waals surface area (Å²) in [6.45, 7) is 4.52. The largest absolute Gasteiger partial charge is 0.355 e. The second-order valence-corrected chi connectivity index (χ2v) is 4.06. The van der Waals surface area contributed by atoms with Crippen molar-refractivity contribution in [1.82, 2.24) is 20.4 Å². The van der Waals surface area contributed by atoms with Gasteiger partial charge in [-0.1, -0.05) is 0 Å². The molecular formula is C11H18N4O. The highest BCUT2D eigenvalue weighted by molar-refractivity contribution is 5.76. The lowest BCUT2D eigenvalue weighted by Crippen LogP contribution is -2.45. The zero-order chi connectivity index (χ0) is 11.4. The maximum Gasteiger partial charge on any atom is 0.220 e. The molecule has 1 aliphatic heterocycles. The molecule has 2 rings (SSSR count). The second kappa shape index (κ2) is 5.12. The summed E-state index contributed by atoms with van der Waals surface area (Å²) in [5.41, 5.74) is 1.19. The lowest BCUT2D eigenvalue weighted by molar-refractivity contribution is -0.122. The molecule has 1 atom stereocenters. The Bertz CT molecular complexity index is 351. The minimum absolute atomic E-state index is 0.164. The van der Waals surface area contributed by atoms with Crippen molar-refractivity contribution in [3.8, 4) is 0 Å². The average molecular weight is 222 g/mol. The van der Waals surface area contributed by atoms with Crippen LogP contribution in [0.1, 0.15) is 25.5 Å². The Balaban J connectivity index is 1.81. The van der Waals surface area contributed by atoms with E-state index in [0.717, 1.165) is 26.1 Å². The van der Waals surface area contributed by atoms with E-state index in [0.29, 0.717) is 12.5 Å². The summed E-state index contributed by atoms with van der Waals surface area (Å²) < 4.78 is 1.98. The molecule has 1 amide bonds. The Kier molecular flexibility index (Phi) is 3.56. The molecule has 1 aliphatic rings. The van der Waals surface area contributed by atoms with Crippen molar-refractivity contribution < 1.29 is 4.79 Å². The van der Waals surface area contributed by atoms with Gasteiger partial charge in [0.05, 0.1) is 5.69 Å². The lowest BCUT2D eigenvalue weighted by atomic mass is 10.1. The molecule has 0 saturated carbocycles. The van der Waals surface area contributed by atoms with Crippen LogP contribution in [0.25, 0.3) is 0 Å². The number of piperidine rings is 1. The Labute approximate surface area is 95.2 Å². The van der Waals surface area contributed by atoms with Crippen LogP contribution in [0.4, 0.5) is 0 Å². The van der Waals surface area contributed by atoms with Crippen LogP contribution in [0, 0.1) is 0 Å². The molecule has 16 heavy (non-hydrogen) atoms. The van der Waals surface area contributed by atoms with Gasteiger partial charge in [-0.15, -0.1) is 0 Å². The molecule has 0 radical (unpaired) electrons. The summed E-state index contributed by atoms with van der Waals surface area (Å²) in [6.07, 6.45) is 3.37. The maximum absolute atomic E-state index is 11.0. The predicted molar refractivity (Wildman–Crippen MR) is 60.8 cm³/mol. The lowest BCUT2D eigenvalue weighted by Gasteiger charge is -2.23. The molecule has 5 nitrogen and oxygen atoms in total. The van der Waals surface area contributed by atoms with Gasteiger partial charge in [0.2, 0.25) is 5.91 Å². The number of nitrogens with zero attached hydrogens (tertiary/aromatic N) is 2. The third kappa shape index (κ3) is 2.61. The minimum atomic E-state index is 0.164. The fourth-order valence-electron chi connectivity index (χ4n) is 1.95. The van der Waals surface area contributed by atoms with E-state index in [1.807, 2.05) is 16.9 Å². The first-order valence-electron chi connectivity index (χ1n) is 5.80. The van der Waals surface area contributed by atoms with Gasteiger partial charge in [-0.3, -0.25) is 9.48 Å². The van der Waals surface area contributed by atoms with Crippen molar-refractivity contribution in [3.63, 3.8) is 0 Å². The van der Waals surface area contributed by atoms with Gasteiger partial charge in [-0.25, -0.2) is 0 Å². The Morgan fingerprint density at radius 3 is 3.25 bits per heavy atom. The number of amides is 1. The van der Waals surface area contributed by atoms with Crippen LogP contribution < -0.4 is 10.6 Å². The molecular weight excluding hydrogens is 204 g/mol. The summed E-state index contributed by atoms with van der Waals surface area (Å²) in [5, 5.41) is 10.5. The molecule has 1 aromatic rings. The fourth-order valence-corrected chi connectivity index (χ4v) is 1.95. The van der Waals surface area contributed by atoms with Crippen molar-refractivity contribution in [3.05, 3.63) is 18.0 Å². The minimum Gasteiger partial charge on any atom is -0.355 e. The molecule has 5 heteroatoms. The summed E-state index contributed by atoms with van der Waals surface area (Å²) >= 11 is 0. The van der Waals surface area contributed by atoms with E-state index in [-0.39, 0.29) is 5.91 Å². The van der Waals surface area contributed by atoms with Crippen LogP contribution in [0.5, 0.6) is 0 Å². The molecule has 2 N–H and O–H groups in total. The first-order chi connectivity index (χ1) is 7.79. The maximum atomic E-state index is 11.0. The number of hydrogen-bond donors (Lipinski definition) is 2. The molecule has 0 aliphatic carbocycles. The smallest absolute Gasteiger partial charge is 0.220 e. The van der Waals surface area contributed by atoms with Crippen LogP contribution in [-0.4, -0.2) is 28.3 Å². The third-order valence-corrected chi connectivity index (χ3v) is 2.94. The number of rotatable bonds is 4. The van der Waals surface area contributed by atoms with Crippen molar-refractivity contribution in [2.45, 2.75) is 38.9 Å². The second-order valence-electron chi connectivity index (χ2n) is 4.06. The standard InChI is InChI=1S/C11H18N4O/c1-2-15-10(5-6-14-15)8-12-9-3-4-11(16)13-7-9/h5-6,9,12H,2-4,7-8H2,1H3,(H,13,16). The van der Waals surface area contributed by atoms with Crippen molar-refractivity contribution in [1.29, 1.82) is 0 Å². The molecule has 0 aromatic carbocycles. The summed E-state index contributed by atoms with van der Waals surface area (Å²) in [4.78, 5) is 11.0. The SMILES string of the molecule is CCn1nccc1CNC1CCC(=O)NC1. The van der Waals surface area contributed by atoms with Crippen LogP contribution >= 0.6 is 0 Å². The van der Waals surface area contributed by atoms with Crippen LogP contribution in [-0.2, 0) is 17.9 Å². The van der Waals surface area contributed by atoms with E-state index >= 15 is 0 Å². The number of aryl methyl sites for hydroxylation is 1. The number of aromatic nitrogens is 2. The van der Waals surface area contributed by atoms with E-state index in [1.165, 1.54) is 5.69 Å². The molecule has 0 spiro atoms. The van der Waals surface area contributed by atoms with Gasteiger partial charge in [0, 0.05) is 38.3 Å². The molecule has 88 valence electrons. The quantitative estimate of drug-likeness (QED) is 0.769. The topological polar surface area (TPSA) is 59.0 Å². The van der Waals surface area contributed by atoms with E-state index < -0.39 is 0 Å². The summed E-state index contributed by atoms with van der Waals surface area (Å²) in [7, 11) is 0. The van der Waals surface area contributed by atoms with Gasteiger partial charge in [0.25, 0.3) is 0 Å². The normalized spacial score (nSPS) is 20.8. The van der Waals surface area contributed by atoms with E-state index in [1.54, 1.807) is 0 Å². The average Bonchev–Trinajstić information content (AvgIpc) is 2.76. The summed E-state index contributed by atoms with van der Waals surface area (Å²) in [6, 6.07) is 2.41. The van der Waals surface area contributed by atoms with Gasteiger partial charge in [-0.2, -0.15) is 5.10 Å². The van der Waals surface area contributed by atoms with Gasteiger partial charge in [0.15, 0.2) is 0 Å². The van der Waals surface area contributed by atoms with Crippen LogP contribution in [0.3, 0.4) is 0 Å². The van der Waals surface area contributed by atoms with Crippen molar-refractivity contribution in [2.24, 2.45) is 0 Å². The number of carbonyl (C=O) groups is 1. The third-order valence-electron chi connectivity index (χ3n) is 2.94. The number of hydrogen-bond acceptors (Lipinski definition) is 3. The van der Waals surface area contributed by atoms with Gasteiger partial charge in [-0.05, 0) is 19.4 Å².